The van der Waals surface area contributed by atoms with Gasteiger partial charge in [-0.2, -0.15) is 0 Å². The standard InChI is InChI=1S/C20H25IN2O2/c21-18-4-2-1-3-17(18)20(25)23-9-7-22(8-10-23)19(24)13-16-12-14-5-6-15(16)11-14/h1-4,14-16H,5-13H2. The van der Waals surface area contributed by atoms with Gasteiger partial charge in [-0.25, -0.2) is 0 Å². The Morgan fingerprint density at radius 3 is 2.36 bits per heavy atom. The molecule has 1 aromatic rings. The number of halogens is 1. The second-order valence-corrected chi connectivity index (χ2v) is 8.95. The molecular weight excluding hydrogens is 427 g/mol. The zero-order chi connectivity index (χ0) is 17.4. The van der Waals surface area contributed by atoms with Gasteiger partial charge in [0, 0.05) is 36.2 Å². The van der Waals surface area contributed by atoms with E-state index >= 15 is 0 Å². The van der Waals surface area contributed by atoms with Crippen LogP contribution in [0.15, 0.2) is 24.3 Å². The first-order valence-electron chi connectivity index (χ1n) is 9.43. The maximum atomic E-state index is 12.7. The molecule has 2 bridgehead atoms. The van der Waals surface area contributed by atoms with Crippen LogP contribution in [0.5, 0.6) is 0 Å². The Morgan fingerprint density at radius 1 is 1.00 bits per heavy atom. The van der Waals surface area contributed by atoms with Gasteiger partial charge in [-0.05, 0) is 71.7 Å². The number of benzene rings is 1. The lowest BCUT2D eigenvalue weighted by molar-refractivity contribution is -0.134. The minimum absolute atomic E-state index is 0.0881. The molecule has 4 rings (SSSR count). The summed E-state index contributed by atoms with van der Waals surface area (Å²) in [5.74, 6) is 2.71. The first kappa shape index (κ1) is 17.3. The third-order valence-electron chi connectivity index (χ3n) is 6.35. The van der Waals surface area contributed by atoms with Crippen LogP contribution in [0.1, 0.15) is 42.5 Å². The smallest absolute Gasteiger partial charge is 0.255 e. The average molecular weight is 452 g/mol. The number of fused-ring (bicyclic) bond motifs is 2. The predicted octanol–water partition coefficient (Wildman–Crippen LogP) is 3.40. The van der Waals surface area contributed by atoms with Crippen molar-refractivity contribution in [2.45, 2.75) is 32.1 Å². The van der Waals surface area contributed by atoms with Crippen LogP contribution >= 0.6 is 22.6 Å². The second-order valence-electron chi connectivity index (χ2n) is 7.79. The fourth-order valence-electron chi connectivity index (χ4n) is 4.94. The minimum atomic E-state index is 0.0881. The summed E-state index contributed by atoms with van der Waals surface area (Å²) in [5, 5.41) is 0. The van der Waals surface area contributed by atoms with Crippen LogP contribution in [0.4, 0.5) is 0 Å². The fraction of sp³-hybridized carbons (Fsp3) is 0.600. The molecule has 5 heteroatoms. The molecule has 3 atom stereocenters. The number of amides is 2. The van der Waals surface area contributed by atoms with Gasteiger partial charge in [0.1, 0.15) is 0 Å². The number of hydrogen-bond acceptors (Lipinski definition) is 2. The maximum absolute atomic E-state index is 12.7. The van der Waals surface area contributed by atoms with E-state index in [0.29, 0.717) is 38.0 Å². The highest BCUT2D eigenvalue weighted by Gasteiger charge is 2.40. The molecule has 2 saturated carbocycles. The summed E-state index contributed by atoms with van der Waals surface area (Å²) in [6, 6.07) is 7.70. The molecule has 3 unspecified atom stereocenters. The fourth-order valence-corrected chi connectivity index (χ4v) is 5.56. The third kappa shape index (κ3) is 3.57. The molecule has 134 valence electrons. The average Bonchev–Trinajstić information content (AvgIpc) is 3.25. The highest BCUT2D eigenvalue weighted by molar-refractivity contribution is 14.1. The Labute approximate surface area is 163 Å². The van der Waals surface area contributed by atoms with E-state index in [9.17, 15) is 9.59 Å². The van der Waals surface area contributed by atoms with Gasteiger partial charge in [0.25, 0.3) is 5.91 Å². The molecule has 1 saturated heterocycles. The van der Waals surface area contributed by atoms with Gasteiger partial charge in [0.05, 0.1) is 5.56 Å². The number of rotatable bonds is 3. The zero-order valence-electron chi connectivity index (χ0n) is 14.5. The summed E-state index contributed by atoms with van der Waals surface area (Å²) < 4.78 is 0.986. The second kappa shape index (κ2) is 7.25. The summed E-state index contributed by atoms with van der Waals surface area (Å²) in [4.78, 5) is 29.2. The zero-order valence-corrected chi connectivity index (χ0v) is 16.7. The monoisotopic (exact) mass is 452 g/mol. The summed E-state index contributed by atoms with van der Waals surface area (Å²) in [6.07, 6.45) is 6.07. The van der Waals surface area contributed by atoms with Crippen LogP contribution in [0.25, 0.3) is 0 Å². The van der Waals surface area contributed by atoms with Crippen molar-refractivity contribution < 1.29 is 9.59 Å². The third-order valence-corrected chi connectivity index (χ3v) is 7.29. The molecule has 3 fully saturated rings. The lowest BCUT2D eigenvalue weighted by atomic mass is 9.86. The number of nitrogens with zero attached hydrogens (tertiary/aromatic N) is 2. The van der Waals surface area contributed by atoms with E-state index in [4.69, 9.17) is 0 Å². The molecule has 2 aliphatic carbocycles. The molecule has 0 aromatic heterocycles. The van der Waals surface area contributed by atoms with E-state index in [2.05, 4.69) is 22.6 Å². The molecule has 25 heavy (non-hydrogen) atoms. The van der Waals surface area contributed by atoms with Gasteiger partial charge in [-0.3, -0.25) is 9.59 Å². The Kier molecular flexibility index (Phi) is 5.02. The van der Waals surface area contributed by atoms with Gasteiger partial charge in [0.2, 0.25) is 5.91 Å². The lowest BCUT2D eigenvalue weighted by Crippen LogP contribution is -2.51. The molecular formula is C20H25IN2O2. The number of carbonyl (C=O) groups is 2. The number of piperazine rings is 1. The molecule has 0 spiro atoms. The molecule has 1 heterocycles. The van der Waals surface area contributed by atoms with Crippen molar-refractivity contribution in [1.82, 2.24) is 9.80 Å². The Bertz CT molecular complexity index is 669. The largest absolute Gasteiger partial charge is 0.339 e. The highest BCUT2D eigenvalue weighted by atomic mass is 127. The van der Waals surface area contributed by atoms with Crippen molar-refractivity contribution in [1.29, 1.82) is 0 Å². The topological polar surface area (TPSA) is 40.6 Å². The summed E-state index contributed by atoms with van der Waals surface area (Å²) in [6.45, 7) is 2.64. The predicted molar refractivity (Wildman–Crippen MR) is 105 cm³/mol. The normalized spacial score (nSPS) is 28.4. The molecule has 2 amide bonds. The number of carbonyl (C=O) groups excluding carboxylic acids is 2. The Hall–Kier alpha value is -1.11. The van der Waals surface area contributed by atoms with Crippen LogP contribution in [0, 0.1) is 21.3 Å². The van der Waals surface area contributed by atoms with Gasteiger partial charge < -0.3 is 9.80 Å². The van der Waals surface area contributed by atoms with Gasteiger partial charge >= 0.3 is 0 Å². The van der Waals surface area contributed by atoms with E-state index in [0.717, 1.165) is 27.4 Å². The van der Waals surface area contributed by atoms with E-state index in [1.807, 2.05) is 34.1 Å². The quantitative estimate of drug-likeness (QED) is 0.660. The van der Waals surface area contributed by atoms with Crippen molar-refractivity contribution >= 4 is 34.4 Å². The van der Waals surface area contributed by atoms with E-state index in [-0.39, 0.29) is 5.91 Å². The van der Waals surface area contributed by atoms with Gasteiger partial charge in [0.15, 0.2) is 0 Å². The lowest BCUT2D eigenvalue weighted by Gasteiger charge is -2.36. The van der Waals surface area contributed by atoms with Crippen LogP contribution < -0.4 is 0 Å². The maximum Gasteiger partial charge on any atom is 0.255 e. The van der Waals surface area contributed by atoms with Crippen molar-refractivity contribution in [2.24, 2.45) is 17.8 Å². The summed E-state index contributed by atoms with van der Waals surface area (Å²) >= 11 is 2.21. The van der Waals surface area contributed by atoms with Crippen molar-refractivity contribution in [2.75, 3.05) is 26.2 Å². The molecule has 0 N–H and O–H groups in total. The van der Waals surface area contributed by atoms with Crippen molar-refractivity contribution in [3.8, 4) is 0 Å². The van der Waals surface area contributed by atoms with Crippen LogP contribution in [-0.2, 0) is 4.79 Å². The molecule has 1 aromatic carbocycles. The van der Waals surface area contributed by atoms with Crippen molar-refractivity contribution in [3.05, 3.63) is 33.4 Å². The van der Waals surface area contributed by atoms with Crippen molar-refractivity contribution in [3.63, 3.8) is 0 Å². The van der Waals surface area contributed by atoms with Crippen LogP contribution in [-0.4, -0.2) is 47.8 Å². The molecule has 3 aliphatic rings. The molecule has 1 aliphatic heterocycles. The van der Waals surface area contributed by atoms with E-state index in [1.54, 1.807) is 0 Å². The minimum Gasteiger partial charge on any atom is -0.339 e. The first-order chi connectivity index (χ1) is 12.1. The first-order valence-corrected chi connectivity index (χ1v) is 10.5. The Balaban J connectivity index is 1.30. The number of hydrogen-bond donors (Lipinski definition) is 0. The van der Waals surface area contributed by atoms with Crippen LogP contribution in [0.3, 0.4) is 0 Å². The SMILES string of the molecule is O=C(CC1CC2CCC1C2)N1CCN(C(=O)c2ccccc2I)CC1. The molecule has 4 nitrogen and oxygen atoms in total. The van der Waals surface area contributed by atoms with Crippen LogP contribution in [0.2, 0.25) is 0 Å². The molecule has 0 radical (unpaired) electrons. The van der Waals surface area contributed by atoms with Gasteiger partial charge in [-0.1, -0.05) is 18.6 Å². The highest BCUT2D eigenvalue weighted by Crippen LogP contribution is 2.49. The van der Waals surface area contributed by atoms with E-state index < -0.39 is 0 Å². The van der Waals surface area contributed by atoms with Gasteiger partial charge in [-0.15, -0.1) is 0 Å². The summed E-state index contributed by atoms with van der Waals surface area (Å²) in [7, 11) is 0. The van der Waals surface area contributed by atoms with E-state index in [1.165, 1.54) is 25.7 Å². The summed E-state index contributed by atoms with van der Waals surface area (Å²) in [5.41, 5.74) is 0.768. The Morgan fingerprint density at radius 2 is 1.72 bits per heavy atom.